The van der Waals surface area contributed by atoms with Crippen LogP contribution in [0.3, 0.4) is 0 Å². The maximum atomic E-state index is 12.3. The monoisotopic (exact) mass is 303 g/mol. The Morgan fingerprint density at radius 3 is 2.42 bits per heavy atom. The van der Waals surface area contributed by atoms with Crippen molar-refractivity contribution in [1.82, 2.24) is 4.31 Å². The van der Waals surface area contributed by atoms with Crippen molar-refractivity contribution in [2.24, 2.45) is 5.92 Å². The Hall–Kier alpha value is -0.580. The molecule has 0 fully saturated rings. The lowest BCUT2D eigenvalue weighted by Gasteiger charge is -2.21. The third-order valence-electron chi connectivity index (χ3n) is 3.00. The summed E-state index contributed by atoms with van der Waals surface area (Å²) in [4.78, 5) is 0. The van der Waals surface area contributed by atoms with Gasteiger partial charge in [-0.3, -0.25) is 0 Å². The summed E-state index contributed by atoms with van der Waals surface area (Å²) >= 11 is 6.08. The summed E-state index contributed by atoms with van der Waals surface area (Å²) in [5.74, 6) is 0.581. The van der Waals surface area contributed by atoms with Gasteiger partial charge in [0.05, 0.1) is 5.75 Å². The fourth-order valence-electron chi connectivity index (χ4n) is 1.74. The molecule has 19 heavy (non-hydrogen) atoms. The zero-order chi connectivity index (χ0) is 14.5. The van der Waals surface area contributed by atoms with E-state index in [0.29, 0.717) is 30.5 Å². The van der Waals surface area contributed by atoms with E-state index in [1.54, 1.807) is 6.07 Å². The van der Waals surface area contributed by atoms with E-state index in [4.69, 9.17) is 11.6 Å². The van der Waals surface area contributed by atoms with E-state index in [1.807, 2.05) is 39.0 Å². The Morgan fingerprint density at radius 2 is 1.89 bits per heavy atom. The molecular formula is C14H22ClNO2S. The molecule has 0 radical (unpaired) electrons. The van der Waals surface area contributed by atoms with Gasteiger partial charge in [0.1, 0.15) is 0 Å². The third-order valence-corrected chi connectivity index (χ3v) is 5.30. The Morgan fingerprint density at radius 1 is 1.26 bits per heavy atom. The van der Waals surface area contributed by atoms with Crippen molar-refractivity contribution in [3.63, 3.8) is 0 Å². The van der Waals surface area contributed by atoms with Gasteiger partial charge in [-0.15, -0.1) is 0 Å². The molecule has 0 heterocycles. The van der Waals surface area contributed by atoms with E-state index >= 15 is 0 Å². The average Bonchev–Trinajstić information content (AvgIpc) is 2.35. The second-order valence-electron chi connectivity index (χ2n) is 5.02. The van der Waals surface area contributed by atoms with Crippen LogP contribution in [0.1, 0.15) is 32.8 Å². The summed E-state index contributed by atoms with van der Waals surface area (Å²) in [6.07, 6.45) is 0.682. The number of rotatable bonds is 7. The molecule has 0 aliphatic heterocycles. The van der Waals surface area contributed by atoms with Crippen LogP contribution in [0.25, 0.3) is 0 Å². The standard InChI is InChI=1S/C14H22ClNO2S/c1-4-16(19(17,18)10-9-12(2)3)11-13-7-5-6-8-14(13)15/h5-8,12H,4,9-11H2,1-3H3. The first kappa shape index (κ1) is 16.5. The molecule has 1 aromatic rings. The Bertz CT molecular complexity index is 500. The van der Waals surface area contributed by atoms with Gasteiger partial charge < -0.3 is 0 Å². The van der Waals surface area contributed by atoms with E-state index in [9.17, 15) is 8.42 Å². The smallest absolute Gasteiger partial charge is 0.212 e. The lowest BCUT2D eigenvalue weighted by atomic mass is 10.2. The van der Waals surface area contributed by atoms with Crippen molar-refractivity contribution >= 4 is 21.6 Å². The predicted octanol–water partition coefficient (Wildman–Crippen LogP) is 3.54. The van der Waals surface area contributed by atoms with Gasteiger partial charge in [0, 0.05) is 18.1 Å². The molecule has 5 heteroatoms. The van der Waals surface area contributed by atoms with Crippen LogP contribution in [0.2, 0.25) is 5.02 Å². The second kappa shape index (κ2) is 7.27. The predicted molar refractivity (Wildman–Crippen MR) is 80.8 cm³/mol. The molecule has 0 spiro atoms. The zero-order valence-electron chi connectivity index (χ0n) is 11.8. The van der Waals surface area contributed by atoms with Crippen molar-refractivity contribution in [2.45, 2.75) is 33.7 Å². The summed E-state index contributed by atoms with van der Waals surface area (Å²) in [5, 5.41) is 0.611. The molecule has 1 rings (SSSR count). The summed E-state index contributed by atoms with van der Waals surface area (Å²) in [6, 6.07) is 7.36. The molecule has 3 nitrogen and oxygen atoms in total. The minimum absolute atomic E-state index is 0.197. The number of sulfonamides is 1. The molecule has 0 bridgehead atoms. The highest BCUT2D eigenvalue weighted by atomic mass is 35.5. The Labute approximate surface area is 121 Å². The van der Waals surface area contributed by atoms with Crippen molar-refractivity contribution in [2.75, 3.05) is 12.3 Å². The van der Waals surface area contributed by atoms with Gasteiger partial charge in [0.2, 0.25) is 10.0 Å². The minimum atomic E-state index is -3.21. The minimum Gasteiger partial charge on any atom is -0.212 e. The van der Waals surface area contributed by atoms with Crippen LogP contribution in [0.4, 0.5) is 0 Å². The molecule has 0 aromatic heterocycles. The van der Waals surface area contributed by atoms with E-state index in [2.05, 4.69) is 0 Å². The quantitative estimate of drug-likeness (QED) is 0.772. The summed E-state index contributed by atoms with van der Waals surface area (Å²) < 4.78 is 26.0. The third kappa shape index (κ3) is 5.13. The van der Waals surface area contributed by atoms with E-state index in [0.717, 1.165) is 5.56 Å². The van der Waals surface area contributed by atoms with E-state index < -0.39 is 10.0 Å². The molecule has 0 aliphatic rings. The fraction of sp³-hybridized carbons (Fsp3) is 0.571. The van der Waals surface area contributed by atoms with Crippen LogP contribution in [0.5, 0.6) is 0 Å². The molecule has 0 aliphatic carbocycles. The van der Waals surface area contributed by atoms with Crippen LogP contribution in [0, 0.1) is 5.92 Å². The number of hydrogen-bond acceptors (Lipinski definition) is 2. The summed E-state index contributed by atoms with van der Waals surface area (Å²) in [6.45, 7) is 6.71. The summed E-state index contributed by atoms with van der Waals surface area (Å²) in [7, 11) is -3.21. The SMILES string of the molecule is CCN(Cc1ccccc1Cl)S(=O)(=O)CCC(C)C. The van der Waals surface area contributed by atoms with Gasteiger partial charge in [0.15, 0.2) is 0 Å². The molecule has 1 aromatic carbocycles. The molecule has 0 saturated heterocycles. The van der Waals surface area contributed by atoms with Crippen LogP contribution in [-0.4, -0.2) is 25.0 Å². The highest BCUT2D eigenvalue weighted by Gasteiger charge is 2.21. The lowest BCUT2D eigenvalue weighted by molar-refractivity contribution is 0.419. The van der Waals surface area contributed by atoms with Gasteiger partial charge in [-0.1, -0.05) is 50.6 Å². The number of nitrogens with zero attached hydrogens (tertiary/aromatic N) is 1. The van der Waals surface area contributed by atoms with Gasteiger partial charge in [-0.05, 0) is 24.0 Å². The van der Waals surface area contributed by atoms with Gasteiger partial charge >= 0.3 is 0 Å². The van der Waals surface area contributed by atoms with E-state index in [-0.39, 0.29) is 5.75 Å². The maximum absolute atomic E-state index is 12.3. The average molecular weight is 304 g/mol. The normalized spacial score (nSPS) is 12.3. The Kier molecular flexibility index (Phi) is 6.30. The van der Waals surface area contributed by atoms with Crippen molar-refractivity contribution in [1.29, 1.82) is 0 Å². The molecule has 0 amide bonds. The first-order valence-corrected chi connectivity index (χ1v) is 8.56. The van der Waals surface area contributed by atoms with Crippen LogP contribution in [0.15, 0.2) is 24.3 Å². The largest absolute Gasteiger partial charge is 0.214 e. The molecule has 0 saturated carbocycles. The first-order chi connectivity index (χ1) is 8.86. The summed E-state index contributed by atoms with van der Waals surface area (Å²) in [5.41, 5.74) is 0.846. The second-order valence-corrected chi connectivity index (χ2v) is 7.51. The molecular weight excluding hydrogens is 282 g/mol. The van der Waals surface area contributed by atoms with Crippen LogP contribution >= 0.6 is 11.6 Å². The molecule has 0 unspecified atom stereocenters. The fourth-order valence-corrected chi connectivity index (χ4v) is 3.69. The first-order valence-electron chi connectivity index (χ1n) is 6.58. The molecule has 108 valence electrons. The highest BCUT2D eigenvalue weighted by Crippen LogP contribution is 2.19. The lowest BCUT2D eigenvalue weighted by Crippen LogP contribution is -2.32. The van der Waals surface area contributed by atoms with Crippen LogP contribution < -0.4 is 0 Å². The van der Waals surface area contributed by atoms with Crippen molar-refractivity contribution in [3.8, 4) is 0 Å². The zero-order valence-corrected chi connectivity index (χ0v) is 13.3. The molecule has 0 atom stereocenters. The van der Waals surface area contributed by atoms with Gasteiger partial charge in [-0.25, -0.2) is 8.42 Å². The van der Waals surface area contributed by atoms with Crippen molar-refractivity contribution < 1.29 is 8.42 Å². The van der Waals surface area contributed by atoms with Crippen LogP contribution in [-0.2, 0) is 16.6 Å². The topological polar surface area (TPSA) is 37.4 Å². The number of hydrogen-bond donors (Lipinski definition) is 0. The number of benzene rings is 1. The Balaban J connectivity index is 2.81. The molecule has 0 N–H and O–H groups in total. The highest BCUT2D eigenvalue weighted by molar-refractivity contribution is 7.89. The van der Waals surface area contributed by atoms with Gasteiger partial charge in [-0.2, -0.15) is 4.31 Å². The van der Waals surface area contributed by atoms with Gasteiger partial charge in [0.25, 0.3) is 0 Å². The maximum Gasteiger partial charge on any atom is 0.214 e. The van der Waals surface area contributed by atoms with Crippen molar-refractivity contribution in [3.05, 3.63) is 34.9 Å². The van der Waals surface area contributed by atoms with E-state index in [1.165, 1.54) is 4.31 Å². The number of halogens is 1.